The van der Waals surface area contributed by atoms with E-state index < -0.39 is 0 Å². The second kappa shape index (κ2) is 6.57. The molecule has 0 heterocycles. The second-order valence-corrected chi connectivity index (χ2v) is 3.02. The maximum absolute atomic E-state index is 10.8. The fourth-order valence-corrected chi connectivity index (χ4v) is 0.805. The summed E-state index contributed by atoms with van der Waals surface area (Å²) in [6, 6.07) is 0. The van der Waals surface area contributed by atoms with Gasteiger partial charge < -0.3 is 0 Å². The van der Waals surface area contributed by atoms with Crippen molar-refractivity contribution in [2.75, 3.05) is 0 Å². The number of ketones is 2. The largest absolute Gasteiger partial charge is 0.300 e. The number of Topliss-reactive ketones (excluding diaryl/α,β-unsaturated/α-hetero) is 2. The van der Waals surface area contributed by atoms with E-state index in [1.54, 1.807) is 0 Å². The molecule has 3 heteroatoms. The van der Waals surface area contributed by atoms with Crippen LogP contribution in [0.3, 0.4) is 0 Å². The van der Waals surface area contributed by atoms with Gasteiger partial charge in [0.15, 0.2) is 17.4 Å². The van der Waals surface area contributed by atoms with Gasteiger partial charge in [-0.2, -0.15) is 0 Å². The van der Waals surface area contributed by atoms with E-state index in [0.29, 0.717) is 12.3 Å². The highest BCUT2D eigenvalue weighted by Crippen LogP contribution is 2.02. The molecule has 0 radical (unpaired) electrons. The SMILES string of the molecule is CC(=O)CC(=O)CC(C)C.[AlH3]. The molecule has 0 rings (SSSR count). The predicted molar refractivity (Wildman–Crippen MR) is 49.7 cm³/mol. The molecule has 11 heavy (non-hydrogen) atoms. The summed E-state index contributed by atoms with van der Waals surface area (Å²) >= 11 is 0. The molecule has 0 aliphatic carbocycles. The zero-order valence-electron chi connectivity index (χ0n) is 6.81. The van der Waals surface area contributed by atoms with Crippen LogP contribution < -0.4 is 0 Å². The lowest BCUT2D eigenvalue weighted by Crippen LogP contribution is -2.06. The van der Waals surface area contributed by atoms with Crippen LogP contribution in [0.5, 0.6) is 0 Å². The van der Waals surface area contributed by atoms with E-state index in [4.69, 9.17) is 0 Å². The summed E-state index contributed by atoms with van der Waals surface area (Å²) in [7, 11) is 0. The molecule has 0 saturated carbocycles. The summed E-state index contributed by atoms with van der Waals surface area (Å²) in [6.45, 7) is 5.38. The van der Waals surface area contributed by atoms with E-state index >= 15 is 0 Å². The predicted octanol–water partition coefficient (Wildman–Crippen LogP) is 0.397. The van der Waals surface area contributed by atoms with Crippen LogP contribution in [0.4, 0.5) is 0 Å². The number of carbonyl (C=O) groups excluding carboxylic acids is 2. The lowest BCUT2D eigenvalue weighted by molar-refractivity contribution is -0.126. The van der Waals surface area contributed by atoms with Crippen LogP contribution in [-0.2, 0) is 9.59 Å². The molecule has 0 aromatic heterocycles. The van der Waals surface area contributed by atoms with Gasteiger partial charge in [-0.3, -0.25) is 9.59 Å². The highest BCUT2D eigenvalue weighted by atomic mass is 27.0. The Kier molecular flexibility index (Phi) is 8.05. The number of hydrogen-bond donors (Lipinski definition) is 0. The van der Waals surface area contributed by atoms with Crippen LogP contribution in [0, 0.1) is 5.92 Å². The number of carbonyl (C=O) groups is 2. The van der Waals surface area contributed by atoms with Gasteiger partial charge in [-0.15, -0.1) is 0 Å². The van der Waals surface area contributed by atoms with E-state index in [-0.39, 0.29) is 35.3 Å². The maximum atomic E-state index is 10.8. The van der Waals surface area contributed by atoms with E-state index in [9.17, 15) is 9.59 Å². The van der Waals surface area contributed by atoms with Gasteiger partial charge in [0, 0.05) is 6.42 Å². The molecular weight excluding hydrogens is 155 g/mol. The van der Waals surface area contributed by atoms with Gasteiger partial charge in [-0.05, 0) is 12.8 Å². The molecule has 0 amide bonds. The summed E-state index contributed by atoms with van der Waals surface area (Å²) in [4.78, 5) is 21.3. The van der Waals surface area contributed by atoms with Crippen molar-refractivity contribution in [3.8, 4) is 0 Å². The zero-order chi connectivity index (χ0) is 8.15. The van der Waals surface area contributed by atoms with E-state index in [1.807, 2.05) is 13.8 Å². The summed E-state index contributed by atoms with van der Waals surface area (Å²) < 4.78 is 0. The first kappa shape index (κ1) is 13.5. The lowest BCUT2D eigenvalue weighted by Gasteiger charge is -2.00. The minimum absolute atomic E-state index is 0. The van der Waals surface area contributed by atoms with Gasteiger partial charge in [0.1, 0.15) is 11.6 Å². The highest BCUT2D eigenvalue weighted by Gasteiger charge is 2.06. The molecule has 0 fully saturated rings. The monoisotopic (exact) mass is 172 g/mol. The lowest BCUT2D eigenvalue weighted by atomic mass is 10.0. The molecule has 0 spiro atoms. The minimum Gasteiger partial charge on any atom is -0.300 e. The molecule has 2 nitrogen and oxygen atoms in total. The van der Waals surface area contributed by atoms with Crippen LogP contribution in [0.15, 0.2) is 0 Å². The van der Waals surface area contributed by atoms with Crippen molar-refractivity contribution in [1.82, 2.24) is 0 Å². The van der Waals surface area contributed by atoms with Crippen molar-refractivity contribution < 1.29 is 9.59 Å². The molecule has 0 N–H and O–H groups in total. The third-order valence-electron chi connectivity index (χ3n) is 1.08. The number of rotatable bonds is 4. The standard InChI is InChI=1S/C8H14O2.Al.3H/c1-6(2)4-8(10)5-7(3)9;;;;/h6H,4-5H2,1-3H3;;;;. The maximum Gasteiger partial charge on any atom is 0.187 e. The van der Waals surface area contributed by atoms with Crippen LogP contribution in [0.1, 0.15) is 33.6 Å². The average molecular weight is 172 g/mol. The fraction of sp³-hybridized carbons (Fsp3) is 0.750. The third kappa shape index (κ3) is 9.87. The number of hydrogen-bond acceptors (Lipinski definition) is 2. The van der Waals surface area contributed by atoms with Gasteiger partial charge in [0.2, 0.25) is 0 Å². The first-order valence-electron chi connectivity index (χ1n) is 3.53. The average Bonchev–Trinajstić information content (AvgIpc) is 1.58. The quantitative estimate of drug-likeness (QED) is 0.454. The zero-order valence-corrected chi connectivity index (χ0v) is 6.81. The first-order valence-corrected chi connectivity index (χ1v) is 3.53. The van der Waals surface area contributed by atoms with Crippen molar-refractivity contribution in [2.45, 2.75) is 33.6 Å². The highest BCUT2D eigenvalue weighted by molar-refractivity contribution is 5.97. The molecule has 64 valence electrons. The van der Waals surface area contributed by atoms with Crippen molar-refractivity contribution in [1.29, 1.82) is 0 Å². The van der Waals surface area contributed by atoms with Gasteiger partial charge in [-0.1, -0.05) is 13.8 Å². The van der Waals surface area contributed by atoms with Crippen molar-refractivity contribution in [3.63, 3.8) is 0 Å². The summed E-state index contributed by atoms with van der Waals surface area (Å²) in [5.74, 6) is 0.389. The molecule has 0 aliphatic heterocycles. The van der Waals surface area contributed by atoms with Gasteiger partial charge in [0.25, 0.3) is 0 Å². The van der Waals surface area contributed by atoms with Gasteiger partial charge >= 0.3 is 0 Å². The molecule has 0 unspecified atom stereocenters. The smallest absolute Gasteiger partial charge is 0.187 e. The van der Waals surface area contributed by atoms with Crippen molar-refractivity contribution in [3.05, 3.63) is 0 Å². The van der Waals surface area contributed by atoms with E-state index in [1.165, 1.54) is 6.92 Å². The molecule has 0 atom stereocenters. The van der Waals surface area contributed by atoms with Gasteiger partial charge in [-0.25, -0.2) is 0 Å². The van der Waals surface area contributed by atoms with Crippen LogP contribution in [-0.4, -0.2) is 28.9 Å². The Morgan fingerprint density at radius 1 is 1.27 bits per heavy atom. The Bertz CT molecular complexity index is 141. The molecule has 0 saturated heterocycles. The normalized spacial score (nSPS) is 9.09. The van der Waals surface area contributed by atoms with E-state index in [2.05, 4.69) is 0 Å². The molecule has 0 aromatic rings. The summed E-state index contributed by atoms with van der Waals surface area (Å²) in [5.41, 5.74) is 0. The van der Waals surface area contributed by atoms with Crippen molar-refractivity contribution in [2.24, 2.45) is 5.92 Å². The first-order chi connectivity index (χ1) is 4.52. The minimum atomic E-state index is -0.0364. The molecule has 0 bridgehead atoms. The third-order valence-corrected chi connectivity index (χ3v) is 1.08. The summed E-state index contributed by atoms with van der Waals surface area (Å²) in [6.07, 6.45) is 0.637. The van der Waals surface area contributed by atoms with E-state index in [0.717, 1.165) is 0 Å². The van der Waals surface area contributed by atoms with Crippen molar-refractivity contribution >= 4 is 28.9 Å². The summed E-state index contributed by atoms with van der Waals surface area (Å²) in [5, 5.41) is 0. The van der Waals surface area contributed by atoms with Crippen LogP contribution in [0.2, 0.25) is 0 Å². The molecular formula is C8H17AlO2. The van der Waals surface area contributed by atoms with Crippen LogP contribution in [0.25, 0.3) is 0 Å². The fourth-order valence-electron chi connectivity index (χ4n) is 0.805. The topological polar surface area (TPSA) is 34.1 Å². The second-order valence-electron chi connectivity index (χ2n) is 3.02. The Morgan fingerprint density at radius 3 is 2.00 bits per heavy atom. The van der Waals surface area contributed by atoms with Gasteiger partial charge in [0.05, 0.1) is 6.42 Å². The Morgan fingerprint density at radius 2 is 1.73 bits per heavy atom. The molecule has 0 aromatic carbocycles. The Balaban J connectivity index is 0. The molecule has 0 aliphatic rings. The Hall–Kier alpha value is -0.128. The van der Waals surface area contributed by atoms with Crippen LogP contribution >= 0.6 is 0 Å². The Labute approximate surface area is 78.5 Å².